The van der Waals surface area contributed by atoms with Crippen LogP contribution in [0.4, 0.5) is 5.82 Å². The monoisotopic (exact) mass is 542 g/mol. The molecule has 2 aromatic heterocycles. The highest BCUT2D eigenvalue weighted by Gasteiger charge is 2.18. The van der Waals surface area contributed by atoms with Crippen molar-refractivity contribution in [2.24, 2.45) is 5.73 Å². The van der Waals surface area contributed by atoms with Crippen LogP contribution in [-0.2, 0) is 27.1 Å². The van der Waals surface area contributed by atoms with E-state index >= 15 is 0 Å². The number of hydrogen-bond donors (Lipinski definition) is 4. The third-order valence-corrected chi connectivity index (χ3v) is 6.62. The third kappa shape index (κ3) is 11.2. The lowest BCUT2D eigenvalue weighted by Crippen LogP contribution is -2.29. The van der Waals surface area contributed by atoms with E-state index in [0.29, 0.717) is 39.5 Å². The van der Waals surface area contributed by atoms with Gasteiger partial charge in [0.1, 0.15) is 5.82 Å². The van der Waals surface area contributed by atoms with Gasteiger partial charge in [-0.2, -0.15) is 0 Å². The average Bonchev–Trinajstić information content (AvgIpc) is 2.95. The molecule has 11 nitrogen and oxygen atoms in total. The van der Waals surface area contributed by atoms with Crippen LogP contribution in [0.3, 0.4) is 0 Å². The molecule has 0 saturated heterocycles. The molecule has 1 amide bonds. The van der Waals surface area contributed by atoms with E-state index in [2.05, 4.69) is 32.7 Å². The van der Waals surface area contributed by atoms with Gasteiger partial charge in [0.05, 0.1) is 32.8 Å². The van der Waals surface area contributed by atoms with E-state index in [0.717, 1.165) is 75.0 Å². The molecule has 0 spiro atoms. The molecule has 5 N–H and O–H groups in total. The number of carboxylic acid groups (broad SMARTS) is 1. The first kappa shape index (κ1) is 30.4. The van der Waals surface area contributed by atoms with E-state index in [1.54, 1.807) is 12.4 Å². The second-order valence-corrected chi connectivity index (χ2v) is 9.70. The Labute approximate surface area is 230 Å². The summed E-state index contributed by atoms with van der Waals surface area (Å²) >= 11 is 0. The zero-order valence-electron chi connectivity index (χ0n) is 22.7. The number of carbonyl (C=O) groups is 2. The second-order valence-electron chi connectivity index (χ2n) is 9.70. The van der Waals surface area contributed by atoms with Crippen molar-refractivity contribution in [2.45, 2.75) is 63.7 Å². The Hall–Kier alpha value is -3.15. The molecule has 0 fully saturated rings. The van der Waals surface area contributed by atoms with Gasteiger partial charge in [-0.3, -0.25) is 9.59 Å². The normalized spacial score (nSPS) is 13.4. The van der Waals surface area contributed by atoms with Crippen LogP contribution in [-0.4, -0.2) is 78.0 Å². The highest BCUT2D eigenvalue weighted by atomic mass is 16.5. The topological polar surface area (TPSA) is 162 Å². The first-order chi connectivity index (χ1) is 19.1. The number of hydrogen-bond acceptors (Lipinski definition) is 9. The summed E-state index contributed by atoms with van der Waals surface area (Å²) in [5.74, 6) is -0.367. The zero-order chi connectivity index (χ0) is 27.7. The van der Waals surface area contributed by atoms with Crippen molar-refractivity contribution in [3.63, 3.8) is 0 Å². The van der Waals surface area contributed by atoms with E-state index < -0.39 is 11.9 Å². The number of aromatic nitrogens is 3. The predicted octanol–water partition coefficient (Wildman–Crippen LogP) is 2.70. The number of carboxylic acids is 1. The highest BCUT2D eigenvalue weighted by Crippen LogP contribution is 2.26. The maximum Gasteiger partial charge on any atom is 0.303 e. The van der Waals surface area contributed by atoms with Gasteiger partial charge in [0, 0.05) is 37.7 Å². The summed E-state index contributed by atoms with van der Waals surface area (Å²) in [6.45, 7) is 3.50. The molecule has 3 rings (SSSR count). The number of fused-ring (bicyclic) bond motifs is 1. The number of pyridine rings is 1. The lowest BCUT2D eigenvalue weighted by molar-refractivity contribution is -0.137. The lowest BCUT2D eigenvalue weighted by Gasteiger charge is -2.17. The Kier molecular flexibility index (Phi) is 13.6. The molecular weight excluding hydrogens is 500 g/mol. The van der Waals surface area contributed by atoms with Crippen molar-refractivity contribution in [3.05, 3.63) is 47.2 Å². The van der Waals surface area contributed by atoms with E-state index in [9.17, 15) is 14.7 Å². The van der Waals surface area contributed by atoms with Crippen LogP contribution in [0.5, 0.6) is 0 Å². The number of unbranched alkanes of at least 4 members (excludes halogenated alkanes) is 3. The van der Waals surface area contributed by atoms with Crippen LogP contribution in [0.15, 0.2) is 24.5 Å². The van der Waals surface area contributed by atoms with Gasteiger partial charge in [-0.25, -0.2) is 15.0 Å². The summed E-state index contributed by atoms with van der Waals surface area (Å²) in [6, 6.07) is 4.32. The van der Waals surface area contributed by atoms with Crippen LogP contribution < -0.4 is 16.4 Å². The summed E-state index contributed by atoms with van der Waals surface area (Å²) in [7, 11) is 0. The maximum absolute atomic E-state index is 12.3. The Bertz CT molecular complexity index is 1020. The summed E-state index contributed by atoms with van der Waals surface area (Å²) < 4.78 is 10.6. The van der Waals surface area contributed by atoms with Crippen molar-refractivity contribution < 1.29 is 24.2 Å². The van der Waals surface area contributed by atoms with Gasteiger partial charge >= 0.3 is 5.97 Å². The molecular formula is C28H42N6O5. The summed E-state index contributed by atoms with van der Waals surface area (Å²) in [4.78, 5) is 36.9. The van der Waals surface area contributed by atoms with Crippen LogP contribution in [0, 0.1) is 0 Å². The molecule has 0 unspecified atom stereocenters. The Balaban J connectivity index is 1.35. The van der Waals surface area contributed by atoms with Crippen molar-refractivity contribution in [3.8, 4) is 0 Å². The molecule has 1 aliphatic rings. The van der Waals surface area contributed by atoms with Gasteiger partial charge in [-0.15, -0.1) is 0 Å². The third-order valence-electron chi connectivity index (χ3n) is 6.62. The quantitative estimate of drug-likeness (QED) is 0.194. The van der Waals surface area contributed by atoms with Gasteiger partial charge in [0.15, 0.2) is 0 Å². The Morgan fingerprint density at radius 1 is 1.05 bits per heavy atom. The van der Waals surface area contributed by atoms with Crippen molar-refractivity contribution in [2.75, 3.05) is 51.4 Å². The summed E-state index contributed by atoms with van der Waals surface area (Å²) in [6.07, 6.45) is 11.1. The number of rotatable bonds is 19. The molecule has 2 aromatic rings. The van der Waals surface area contributed by atoms with E-state index in [4.69, 9.17) is 20.2 Å². The highest BCUT2D eigenvalue weighted by molar-refractivity contribution is 5.90. The lowest BCUT2D eigenvalue weighted by atomic mass is 9.92. The first-order valence-corrected chi connectivity index (χ1v) is 14.0. The summed E-state index contributed by atoms with van der Waals surface area (Å²) in [5, 5.41) is 15.5. The molecule has 1 atom stereocenters. The maximum atomic E-state index is 12.3. The average molecular weight is 543 g/mol. The van der Waals surface area contributed by atoms with Crippen molar-refractivity contribution in [1.82, 2.24) is 20.3 Å². The number of anilines is 1. The van der Waals surface area contributed by atoms with E-state index in [-0.39, 0.29) is 18.2 Å². The molecule has 0 bridgehead atoms. The largest absolute Gasteiger partial charge is 0.481 e. The van der Waals surface area contributed by atoms with Gasteiger partial charge < -0.3 is 30.9 Å². The molecule has 0 radical (unpaired) electrons. The van der Waals surface area contributed by atoms with Crippen LogP contribution in [0.1, 0.15) is 78.3 Å². The van der Waals surface area contributed by atoms with Crippen LogP contribution in [0.25, 0.3) is 0 Å². The van der Waals surface area contributed by atoms with Crippen LogP contribution >= 0.6 is 0 Å². The minimum atomic E-state index is -0.859. The smallest absolute Gasteiger partial charge is 0.303 e. The van der Waals surface area contributed by atoms with Gasteiger partial charge in [-0.1, -0.05) is 25.3 Å². The number of ether oxygens (including phenoxy) is 2. The van der Waals surface area contributed by atoms with Gasteiger partial charge in [0.25, 0.3) is 5.91 Å². The van der Waals surface area contributed by atoms with Crippen molar-refractivity contribution >= 4 is 17.7 Å². The summed E-state index contributed by atoms with van der Waals surface area (Å²) in [5.41, 5.74) is 8.50. The van der Waals surface area contributed by atoms with Gasteiger partial charge in [0.2, 0.25) is 5.82 Å². The number of amides is 1. The SMILES string of the molecule is NCCOCCOCCNC(=O)c1ncc([C@@H](CCCCCCc2ccc3c(n2)NCCC3)CC(=O)O)cn1. The number of aliphatic carboxylic acids is 1. The minimum absolute atomic E-state index is 0.00722. The number of nitrogens with zero attached hydrogens (tertiary/aromatic N) is 3. The standard InChI is InChI=1S/C28H42N6O5/c29-11-14-38-16-17-39-15-13-31-28(37)27-32-19-23(20-33-27)22(18-25(35)36)6-3-1-2-4-8-24-10-9-21-7-5-12-30-26(21)34-24/h9-10,19-20,22H,1-8,11-18,29H2,(H,30,34)(H,31,37)(H,35,36)/t22-/m0/s1. The molecule has 0 saturated carbocycles. The number of nitrogens with one attached hydrogen (secondary N) is 2. The second kappa shape index (κ2) is 17.4. The zero-order valence-corrected chi connectivity index (χ0v) is 22.7. The first-order valence-electron chi connectivity index (χ1n) is 14.0. The molecule has 1 aliphatic heterocycles. The molecule has 0 aromatic carbocycles. The minimum Gasteiger partial charge on any atom is -0.481 e. The van der Waals surface area contributed by atoms with E-state index in [1.807, 2.05) is 0 Å². The fourth-order valence-corrected chi connectivity index (χ4v) is 4.54. The molecule has 39 heavy (non-hydrogen) atoms. The van der Waals surface area contributed by atoms with Gasteiger partial charge in [-0.05, 0) is 55.2 Å². The molecule has 3 heterocycles. The van der Waals surface area contributed by atoms with E-state index in [1.165, 1.54) is 5.56 Å². The number of carbonyl (C=O) groups excluding carboxylic acids is 1. The molecule has 11 heteroatoms. The predicted molar refractivity (Wildman–Crippen MR) is 148 cm³/mol. The fourth-order valence-electron chi connectivity index (χ4n) is 4.54. The molecule has 0 aliphatic carbocycles. The van der Waals surface area contributed by atoms with Crippen LogP contribution in [0.2, 0.25) is 0 Å². The number of nitrogens with two attached hydrogens (primary N) is 1. The molecule has 214 valence electrons. The van der Waals surface area contributed by atoms with Crippen molar-refractivity contribution in [1.29, 1.82) is 0 Å². The number of aryl methyl sites for hydroxylation is 2. The fraction of sp³-hybridized carbons (Fsp3) is 0.607. The Morgan fingerprint density at radius 3 is 2.59 bits per heavy atom. The Morgan fingerprint density at radius 2 is 1.82 bits per heavy atom.